The topological polar surface area (TPSA) is 47.9 Å². The summed E-state index contributed by atoms with van der Waals surface area (Å²) >= 11 is 0. The maximum Gasteiger partial charge on any atom is 0.157 e. The maximum atomic E-state index is 9.89. The van der Waals surface area contributed by atoms with Crippen molar-refractivity contribution in [3.05, 3.63) is 71.8 Å². The Kier molecular flexibility index (Phi) is 5.99. The van der Waals surface area contributed by atoms with Crippen LogP contribution >= 0.6 is 0 Å². The van der Waals surface area contributed by atoms with Crippen LogP contribution in [0.2, 0.25) is 0 Å². The van der Waals surface area contributed by atoms with Crippen LogP contribution in [0.4, 0.5) is 0 Å². The Morgan fingerprint density at radius 3 is 2.04 bits per heavy atom. The number of aliphatic hydroxyl groups excluding tert-OH is 1. The van der Waals surface area contributed by atoms with Gasteiger partial charge in [-0.25, -0.2) is 0 Å². The average molecular weight is 328 g/mol. The molecule has 1 N–H and O–H groups in total. The number of hydrogen-bond acceptors (Lipinski definition) is 4. The van der Waals surface area contributed by atoms with Crippen LogP contribution in [0.15, 0.2) is 60.7 Å². The van der Waals surface area contributed by atoms with Gasteiger partial charge in [-0.2, -0.15) is 0 Å². The van der Waals surface area contributed by atoms with Gasteiger partial charge in [0.1, 0.15) is 6.10 Å². The zero-order valence-corrected chi connectivity index (χ0v) is 13.9. The third-order valence-electron chi connectivity index (χ3n) is 4.23. The Labute approximate surface area is 143 Å². The fraction of sp³-hybridized carbons (Fsp3) is 0.400. The van der Waals surface area contributed by atoms with E-state index >= 15 is 0 Å². The molecule has 1 saturated heterocycles. The van der Waals surface area contributed by atoms with Gasteiger partial charge < -0.3 is 19.3 Å². The molecule has 0 amide bonds. The van der Waals surface area contributed by atoms with Crippen LogP contribution in [0.25, 0.3) is 0 Å². The molecular weight excluding hydrogens is 304 g/mol. The summed E-state index contributed by atoms with van der Waals surface area (Å²) in [7, 11) is 0. The Hall–Kier alpha value is -1.72. The van der Waals surface area contributed by atoms with Crippen molar-refractivity contribution in [1.29, 1.82) is 0 Å². The van der Waals surface area contributed by atoms with Crippen molar-refractivity contribution in [2.75, 3.05) is 0 Å². The lowest BCUT2D eigenvalue weighted by Crippen LogP contribution is -2.49. The molecule has 2 aromatic rings. The molecule has 2 aromatic carbocycles. The Morgan fingerprint density at radius 2 is 1.46 bits per heavy atom. The molecule has 0 aliphatic carbocycles. The molecule has 0 spiro atoms. The highest BCUT2D eigenvalue weighted by Crippen LogP contribution is 2.26. The predicted molar refractivity (Wildman–Crippen MR) is 91.2 cm³/mol. The highest BCUT2D eigenvalue weighted by molar-refractivity contribution is 5.14. The van der Waals surface area contributed by atoms with Gasteiger partial charge in [0.15, 0.2) is 6.29 Å². The van der Waals surface area contributed by atoms with Crippen LogP contribution in [0, 0.1) is 0 Å². The third-order valence-corrected chi connectivity index (χ3v) is 4.23. The molecule has 1 aliphatic heterocycles. The minimum atomic E-state index is -0.808. The first-order valence-corrected chi connectivity index (χ1v) is 8.37. The molecule has 4 unspecified atom stereocenters. The van der Waals surface area contributed by atoms with Crippen molar-refractivity contribution in [2.45, 2.75) is 51.2 Å². The van der Waals surface area contributed by atoms with Crippen molar-refractivity contribution in [3.63, 3.8) is 0 Å². The highest BCUT2D eigenvalue weighted by atomic mass is 16.6. The molecule has 4 heteroatoms. The van der Waals surface area contributed by atoms with Crippen molar-refractivity contribution in [1.82, 2.24) is 0 Å². The van der Waals surface area contributed by atoms with Crippen molar-refractivity contribution in [2.24, 2.45) is 0 Å². The summed E-state index contributed by atoms with van der Waals surface area (Å²) in [5, 5.41) is 9.89. The normalized spacial score (nSPS) is 27.1. The Bertz CT molecular complexity index is 602. The summed E-state index contributed by atoms with van der Waals surface area (Å²) in [5.74, 6) is 0. The summed E-state index contributed by atoms with van der Waals surface area (Å²) in [4.78, 5) is 0. The zero-order valence-electron chi connectivity index (χ0n) is 13.9. The molecule has 0 aromatic heterocycles. The van der Waals surface area contributed by atoms with Crippen LogP contribution in [-0.4, -0.2) is 29.7 Å². The smallest absolute Gasteiger partial charge is 0.157 e. The van der Waals surface area contributed by atoms with Gasteiger partial charge in [0.25, 0.3) is 0 Å². The van der Waals surface area contributed by atoms with Crippen LogP contribution in [-0.2, 0) is 27.4 Å². The maximum absolute atomic E-state index is 9.89. The second kappa shape index (κ2) is 8.40. The number of aliphatic hydroxyl groups is 1. The fourth-order valence-corrected chi connectivity index (χ4v) is 2.97. The standard InChI is InChI=1S/C20H24O4/c1-15-20(23-14-17-10-6-3-7-11-17)18(12-19(21)24-15)22-13-16-8-4-2-5-9-16/h2-11,15,18-21H,12-14H2,1H3. The molecule has 4 nitrogen and oxygen atoms in total. The van der Waals surface area contributed by atoms with E-state index in [0.29, 0.717) is 19.6 Å². The number of rotatable bonds is 6. The predicted octanol–water partition coefficient (Wildman–Crippen LogP) is 3.28. The van der Waals surface area contributed by atoms with E-state index in [0.717, 1.165) is 11.1 Å². The zero-order chi connectivity index (χ0) is 16.8. The lowest BCUT2D eigenvalue weighted by atomic mass is 10.0. The van der Waals surface area contributed by atoms with E-state index in [1.807, 2.05) is 67.6 Å². The molecule has 4 atom stereocenters. The molecule has 1 aliphatic rings. The molecule has 24 heavy (non-hydrogen) atoms. The van der Waals surface area contributed by atoms with E-state index in [1.165, 1.54) is 0 Å². The van der Waals surface area contributed by atoms with Crippen LogP contribution < -0.4 is 0 Å². The van der Waals surface area contributed by atoms with Crippen molar-refractivity contribution < 1.29 is 19.3 Å². The first kappa shape index (κ1) is 17.1. The van der Waals surface area contributed by atoms with Crippen molar-refractivity contribution >= 4 is 0 Å². The van der Waals surface area contributed by atoms with Crippen LogP contribution in [0.5, 0.6) is 0 Å². The molecular formula is C20H24O4. The monoisotopic (exact) mass is 328 g/mol. The van der Waals surface area contributed by atoms with E-state index in [1.54, 1.807) is 0 Å². The van der Waals surface area contributed by atoms with Gasteiger partial charge in [-0.1, -0.05) is 60.7 Å². The lowest BCUT2D eigenvalue weighted by molar-refractivity contribution is -0.251. The Balaban J connectivity index is 1.61. The summed E-state index contributed by atoms with van der Waals surface area (Å²) in [6.07, 6.45) is -1.03. The molecule has 0 saturated carbocycles. The van der Waals surface area contributed by atoms with Gasteiger partial charge in [-0.15, -0.1) is 0 Å². The van der Waals surface area contributed by atoms with Gasteiger partial charge in [-0.3, -0.25) is 0 Å². The molecule has 1 heterocycles. The fourth-order valence-electron chi connectivity index (χ4n) is 2.97. The van der Waals surface area contributed by atoms with E-state index in [2.05, 4.69) is 0 Å². The van der Waals surface area contributed by atoms with E-state index < -0.39 is 6.29 Å². The molecule has 1 fully saturated rings. The second-order valence-electron chi connectivity index (χ2n) is 6.13. The summed E-state index contributed by atoms with van der Waals surface area (Å²) in [6, 6.07) is 20.0. The van der Waals surface area contributed by atoms with Crippen molar-refractivity contribution in [3.8, 4) is 0 Å². The first-order chi connectivity index (χ1) is 11.7. The summed E-state index contributed by atoms with van der Waals surface area (Å²) in [6.45, 7) is 2.91. The van der Waals surface area contributed by atoms with E-state index in [9.17, 15) is 5.11 Å². The van der Waals surface area contributed by atoms with Crippen LogP contribution in [0.3, 0.4) is 0 Å². The second-order valence-corrected chi connectivity index (χ2v) is 6.13. The first-order valence-electron chi connectivity index (χ1n) is 8.37. The number of benzene rings is 2. The largest absolute Gasteiger partial charge is 0.371 e. The van der Waals surface area contributed by atoms with E-state index in [4.69, 9.17) is 14.2 Å². The molecule has 0 bridgehead atoms. The SMILES string of the molecule is CC1OC(O)CC(OCc2ccccc2)C1OCc1ccccc1. The Morgan fingerprint density at radius 1 is 0.917 bits per heavy atom. The van der Waals surface area contributed by atoms with Gasteiger partial charge in [0.05, 0.1) is 25.4 Å². The summed E-state index contributed by atoms with van der Waals surface area (Å²) < 4.78 is 17.6. The molecule has 128 valence electrons. The lowest BCUT2D eigenvalue weighted by Gasteiger charge is -2.38. The van der Waals surface area contributed by atoms with E-state index in [-0.39, 0.29) is 18.3 Å². The minimum absolute atomic E-state index is 0.201. The number of hydrogen-bond donors (Lipinski definition) is 1. The quantitative estimate of drug-likeness (QED) is 0.884. The third kappa shape index (κ3) is 4.65. The minimum Gasteiger partial charge on any atom is -0.371 e. The summed E-state index contributed by atoms with van der Waals surface area (Å²) in [5.41, 5.74) is 2.21. The number of ether oxygens (including phenoxy) is 3. The van der Waals surface area contributed by atoms with Gasteiger partial charge in [-0.05, 0) is 18.1 Å². The average Bonchev–Trinajstić information content (AvgIpc) is 2.61. The molecule has 0 radical (unpaired) electrons. The van der Waals surface area contributed by atoms with Crippen LogP contribution in [0.1, 0.15) is 24.5 Å². The molecule has 3 rings (SSSR count). The van der Waals surface area contributed by atoms with Gasteiger partial charge >= 0.3 is 0 Å². The van der Waals surface area contributed by atoms with Gasteiger partial charge in [0.2, 0.25) is 0 Å². The highest BCUT2D eigenvalue weighted by Gasteiger charge is 2.37. The van der Waals surface area contributed by atoms with Gasteiger partial charge in [0, 0.05) is 6.42 Å².